The highest BCUT2D eigenvalue weighted by molar-refractivity contribution is 5.91. The van der Waals surface area contributed by atoms with Crippen LogP contribution in [0.15, 0.2) is 36.7 Å². The molecule has 1 aromatic heterocycles. The molecule has 136 valence electrons. The van der Waals surface area contributed by atoms with Gasteiger partial charge in [-0.1, -0.05) is 6.07 Å². The van der Waals surface area contributed by atoms with Gasteiger partial charge in [0.1, 0.15) is 0 Å². The summed E-state index contributed by atoms with van der Waals surface area (Å²) in [7, 11) is 1.88. The molecule has 1 aliphatic heterocycles. The molecule has 0 unspecified atom stereocenters. The van der Waals surface area contributed by atoms with E-state index in [1.54, 1.807) is 10.9 Å². The number of anilines is 3. The summed E-state index contributed by atoms with van der Waals surface area (Å²) in [4.78, 5) is 12.2. The van der Waals surface area contributed by atoms with Gasteiger partial charge in [-0.15, -0.1) is 12.4 Å². The molecule has 3 N–H and O–H groups in total. The standard InChI is InChI=1S/C18H25N5O.ClH/c1-23-13-17(12-20-23)21-15-3-2-4-16(11-15)22-18(24)6-5-14-7-9-19-10-8-14;/h2-4,11-14,19,21H,5-10H2,1H3,(H,22,24);1H. The van der Waals surface area contributed by atoms with Crippen molar-refractivity contribution in [2.75, 3.05) is 23.7 Å². The third-order valence-electron chi connectivity index (χ3n) is 4.38. The highest BCUT2D eigenvalue weighted by atomic mass is 35.5. The summed E-state index contributed by atoms with van der Waals surface area (Å²) in [6.45, 7) is 2.16. The first-order valence-electron chi connectivity index (χ1n) is 8.55. The maximum Gasteiger partial charge on any atom is 0.224 e. The van der Waals surface area contributed by atoms with Crippen molar-refractivity contribution in [2.45, 2.75) is 25.7 Å². The topological polar surface area (TPSA) is 71.0 Å². The van der Waals surface area contributed by atoms with Crippen LogP contribution in [0.5, 0.6) is 0 Å². The molecule has 1 amide bonds. The van der Waals surface area contributed by atoms with Crippen LogP contribution >= 0.6 is 12.4 Å². The molecule has 0 bridgehead atoms. The zero-order chi connectivity index (χ0) is 16.8. The van der Waals surface area contributed by atoms with Crippen LogP contribution in [0, 0.1) is 5.92 Å². The van der Waals surface area contributed by atoms with Crippen LogP contribution in [-0.2, 0) is 11.8 Å². The minimum Gasteiger partial charge on any atom is -0.353 e. The van der Waals surface area contributed by atoms with E-state index in [2.05, 4.69) is 21.0 Å². The van der Waals surface area contributed by atoms with Gasteiger partial charge >= 0.3 is 0 Å². The molecule has 3 rings (SSSR count). The number of hydrogen-bond acceptors (Lipinski definition) is 4. The fraction of sp³-hybridized carbons (Fsp3) is 0.444. The van der Waals surface area contributed by atoms with Crippen molar-refractivity contribution < 1.29 is 4.79 Å². The number of rotatable bonds is 6. The second-order valence-electron chi connectivity index (χ2n) is 6.39. The minimum absolute atomic E-state index is 0. The largest absolute Gasteiger partial charge is 0.353 e. The maximum absolute atomic E-state index is 12.2. The van der Waals surface area contributed by atoms with Crippen LogP contribution in [-0.4, -0.2) is 28.8 Å². The zero-order valence-corrected chi connectivity index (χ0v) is 15.3. The van der Waals surface area contributed by atoms with E-state index < -0.39 is 0 Å². The first-order valence-corrected chi connectivity index (χ1v) is 8.55. The Labute approximate surface area is 154 Å². The third kappa shape index (κ3) is 6.07. The van der Waals surface area contributed by atoms with Gasteiger partial charge in [0.15, 0.2) is 0 Å². The Bertz CT molecular complexity index is 682. The van der Waals surface area contributed by atoms with E-state index in [9.17, 15) is 4.79 Å². The number of carbonyl (C=O) groups excluding carboxylic acids is 1. The summed E-state index contributed by atoms with van der Waals surface area (Å²) in [5, 5.41) is 13.8. The summed E-state index contributed by atoms with van der Waals surface area (Å²) in [6.07, 6.45) is 7.59. The first kappa shape index (κ1) is 19.3. The molecule has 0 saturated carbocycles. The summed E-state index contributed by atoms with van der Waals surface area (Å²) in [6, 6.07) is 7.76. The first-order chi connectivity index (χ1) is 11.7. The molecule has 0 atom stereocenters. The monoisotopic (exact) mass is 363 g/mol. The molecule has 1 aliphatic rings. The predicted octanol–water partition coefficient (Wildman–Crippen LogP) is 3.30. The van der Waals surface area contributed by atoms with E-state index in [0.29, 0.717) is 12.3 Å². The molecular formula is C18H26ClN5O. The Balaban J connectivity index is 0.00000225. The molecule has 1 fully saturated rings. The molecule has 2 aromatic rings. The zero-order valence-electron chi connectivity index (χ0n) is 14.5. The Hall–Kier alpha value is -2.05. The Morgan fingerprint density at radius 1 is 1.28 bits per heavy atom. The molecule has 1 aromatic carbocycles. The van der Waals surface area contributed by atoms with Gasteiger partial charge in [0.2, 0.25) is 5.91 Å². The van der Waals surface area contributed by atoms with Crippen LogP contribution < -0.4 is 16.0 Å². The minimum atomic E-state index is 0. The fourth-order valence-corrected chi connectivity index (χ4v) is 3.06. The molecular weight excluding hydrogens is 338 g/mol. The number of carbonyl (C=O) groups is 1. The number of amides is 1. The number of halogens is 1. The molecule has 6 nitrogen and oxygen atoms in total. The van der Waals surface area contributed by atoms with Gasteiger partial charge in [-0.2, -0.15) is 5.10 Å². The van der Waals surface area contributed by atoms with Crippen LogP contribution in [0.25, 0.3) is 0 Å². The third-order valence-corrected chi connectivity index (χ3v) is 4.38. The Morgan fingerprint density at radius 3 is 2.76 bits per heavy atom. The van der Waals surface area contributed by atoms with Gasteiger partial charge < -0.3 is 16.0 Å². The molecule has 0 radical (unpaired) electrons. The van der Waals surface area contributed by atoms with Crippen molar-refractivity contribution >= 4 is 35.4 Å². The second kappa shape index (κ2) is 9.44. The van der Waals surface area contributed by atoms with Gasteiger partial charge in [-0.25, -0.2) is 0 Å². The lowest BCUT2D eigenvalue weighted by Gasteiger charge is -2.22. The van der Waals surface area contributed by atoms with Gasteiger partial charge in [0.25, 0.3) is 0 Å². The summed E-state index contributed by atoms with van der Waals surface area (Å²) in [5.41, 5.74) is 2.67. The van der Waals surface area contributed by atoms with Gasteiger partial charge in [0, 0.05) is 31.0 Å². The van der Waals surface area contributed by atoms with Crippen molar-refractivity contribution in [2.24, 2.45) is 13.0 Å². The number of piperidine rings is 1. The average Bonchev–Trinajstić information content (AvgIpc) is 2.99. The van der Waals surface area contributed by atoms with Crippen molar-refractivity contribution in [3.05, 3.63) is 36.7 Å². The number of benzene rings is 1. The van der Waals surface area contributed by atoms with Crippen molar-refractivity contribution in [1.82, 2.24) is 15.1 Å². The SMILES string of the molecule is Cl.Cn1cc(Nc2cccc(NC(=O)CCC3CCNCC3)c2)cn1. The van der Waals surface area contributed by atoms with E-state index >= 15 is 0 Å². The van der Waals surface area contributed by atoms with E-state index in [1.165, 1.54) is 12.8 Å². The molecule has 1 saturated heterocycles. The van der Waals surface area contributed by atoms with Gasteiger partial charge in [0.05, 0.1) is 11.9 Å². The average molecular weight is 364 g/mol. The molecule has 7 heteroatoms. The van der Waals surface area contributed by atoms with Crippen molar-refractivity contribution in [1.29, 1.82) is 0 Å². The quantitative estimate of drug-likeness (QED) is 0.736. The van der Waals surface area contributed by atoms with E-state index in [1.807, 2.05) is 37.5 Å². The summed E-state index contributed by atoms with van der Waals surface area (Å²) in [5.74, 6) is 0.766. The van der Waals surface area contributed by atoms with Crippen LogP contribution in [0.2, 0.25) is 0 Å². The number of aromatic nitrogens is 2. The number of nitrogens with one attached hydrogen (secondary N) is 3. The number of aryl methyl sites for hydroxylation is 1. The van der Waals surface area contributed by atoms with Gasteiger partial charge in [-0.05, 0) is 56.5 Å². The summed E-state index contributed by atoms with van der Waals surface area (Å²) >= 11 is 0. The highest BCUT2D eigenvalue weighted by Gasteiger charge is 2.14. The van der Waals surface area contributed by atoms with Crippen molar-refractivity contribution in [3.63, 3.8) is 0 Å². The lowest BCUT2D eigenvalue weighted by Crippen LogP contribution is -2.28. The van der Waals surface area contributed by atoms with E-state index in [0.717, 1.165) is 36.6 Å². The van der Waals surface area contributed by atoms with Crippen LogP contribution in [0.4, 0.5) is 17.1 Å². The van der Waals surface area contributed by atoms with Gasteiger partial charge in [-0.3, -0.25) is 9.48 Å². The highest BCUT2D eigenvalue weighted by Crippen LogP contribution is 2.21. The lowest BCUT2D eigenvalue weighted by atomic mass is 9.93. The van der Waals surface area contributed by atoms with Crippen LogP contribution in [0.3, 0.4) is 0 Å². The molecule has 25 heavy (non-hydrogen) atoms. The normalized spacial score (nSPS) is 14.6. The molecule has 0 spiro atoms. The van der Waals surface area contributed by atoms with Crippen LogP contribution in [0.1, 0.15) is 25.7 Å². The predicted molar refractivity (Wildman–Crippen MR) is 104 cm³/mol. The fourth-order valence-electron chi connectivity index (χ4n) is 3.06. The second-order valence-corrected chi connectivity index (χ2v) is 6.39. The summed E-state index contributed by atoms with van der Waals surface area (Å²) < 4.78 is 1.74. The molecule has 0 aliphatic carbocycles. The Morgan fingerprint density at radius 2 is 2.04 bits per heavy atom. The maximum atomic E-state index is 12.2. The number of hydrogen-bond donors (Lipinski definition) is 3. The van der Waals surface area contributed by atoms with E-state index in [4.69, 9.17) is 0 Å². The van der Waals surface area contributed by atoms with E-state index in [-0.39, 0.29) is 18.3 Å². The smallest absolute Gasteiger partial charge is 0.224 e. The molecule has 2 heterocycles. The van der Waals surface area contributed by atoms with Crippen molar-refractivity contribution in [3.8, 4) is 0 Å². The lowest BCUT2D eigenvalue weighted by molar-refractivity contribution is -0.116. The number of nitrogens with zero attached hydrogens (tertiary/aromatic N) is 2. The Kier molecular flexibility index (Phi) is 7.28.